The molecule has 0 spiro atoms. The van der Waals surface area contributed by atoms with E-state index in [1.165, 1.54) is 7.11 Å². The Morgan fingerprint density at radius 2 is 2.00 bits per heavy atom. The number of nitrogens with zero attached hydrogens (tertiary/aromatic N) is 2. The van der Waals surface area contributed by atoms with Crippen LogP contribution in [0.1, 0.15) is 50.5 Å². The van der Waals surface area contributed by atoms with Crippen LogP contribution in [0, 0.1) is 6.92 Å². The quantitative estimate of drug-likeness (QED) is 0.772. The number of benzene rings is 1. The number of methoxy groups -OCH3 is 1. The molecule has 4 rings (SSSR count). The fraction of sp³-hybridized carbons (Fsp3) is 0.368. The molecule has 1 aromatic heterocycles. The molecule has 1 aromatic carbocycles. The molecule has 1 fully saturated rings. The maximum Gasteiger partial charge on any atom is 0.350 e. The molecule has 2 aliphatic heterocycles. The first-order chi connectivity index (χ1) is 13.2. The van der Waals surface area contributed by atoms with Crippen molar-refractivity contribution in [3.63, 3.8) is 0 Å². The Morgan fingerprint density at radius 1 is 1.29 bits per heavy atom. The van der Waals surface area contributed by atoms with Crippen molar-refractivity contribution in [2.24, 2.45) is 0 Å². The lowest BCUT2D eigenvalue weighted by Crippen LogP contribution is -2.50. The van der Waals surface area contributed by atoms with E-state index in [1.54, 1.807) is 29.7 Å². The lowest BCUT2D eigenvalue weighted by molar-refractivity contribution is -0.121. The number of thioether (sulfide) groups is 1. The van der Waals surface area contributed by atoms with Crippen molar-refractivity contribution in [2.75, 3.05) is 12.4 Å². The topological polar surface area (TPSA) is 88.6 Å². The molecule has 0 saturated carbocycles. The van der Waals surface area contributed by atoms with Gasteiger partial charge in [-0.1, -0.05) is 29.5 Å². The van der Waals surface area contributed by atoms with Gasteiger partial charge in [0.2, 0.25) is 5.91 Å². The molecule has 7 nitrogen and oxygen atoms in total. The van der Waals surface area contributed by atoms with Crippen LogP contribution < -0.4 is 5.32 Å². The predicted molar refractivity (Wildman–Crippen MR) is 108 cm³/mol. The number of esters is 1. The van der Waals surface area contributed by atoms with Gasteiger partial charge in [-0.2, -0.15) is 0 Å². The van der Waals surface area contributed by atoms with Crippen LogP contribution in [0.15, 0.2) is 24.3 Å². The number of rotatable bonds is 3. The van der Waals surface area contributed by atoms with Crippen LogP contribution >= 0.6 is 23.1 Å². The molecular weight excluding hydrogens is 398 g/mol. The third kappa shape index (κ3) is 2.80. The number of anilines is 1. The molecule has 9 heteroatoms. The predicted octanol–water partition coefficient (Wildman–Crippen LogP) is 3.23. The van der Waals surface area contributed by atoms with E-state index in [1.807, 2.05) is 32.0 Å². The van der Waals surface area contributed by atoms with Gasteiger partial charge in [0.25, 0.3) is 5.91 Å². The molecule has 0 radical (unpaired) electrons. The van der Waals surface area contributed by atoms with Gasteiger partial charge in [0.1, 0.15) is 16.3 Å². The molecule has 2 aliphatic rings. The van der Waals surface area contributed by atoms with Gasteiger partial charge in [-0.05, 0) is 32.4 Å². The van der Waals surface area contributed by atoms with E-state index in [0.717, 1.165) is 16.9 Å². The second-order valence-electron chi connectivity index (χ2n) is 7.19. The number of thiazole rings is 1. The zero-order valence-electron chi connectivity index (χ0n) is 15.8. The monoisotopic (exact) mass is 417 g/mol. The molecular formula is C19H19N3O4S2. The largest absolute Gasteiger partial charge is 0.465 e. The van der Waals surface area contributed by atoms with E-state index in [0.29, 0.717) is 21.3 Å². The first-order valence-corrected chi connectivity index (χ1v) is 10.4. The van der Waals surface area contributed by atoms with Gasteiger partial charge in [-0.25, -0.2) is 9.78 Å². The molecule has 2 amide bonds. The lowest BCUT2D eigenvalue weighted by Gasteiger charge is -2.29. The summed E-state index contributed by atoms with van der Waals surface area (Å²) in [4.78, 5) is 44.2. The van der Waals surface area contributed by atoms with E-state index in [2.05, 4.69) is 10.3 Å². The molecule has 0 unspecified atom stereocenters. The Kier molecular flexibility index (Phi) is 4.46. The number of hydrogen-bond acceptors (Lipinski definition) is 7. The van der Waals surface area contributed by atoms with Gasteiger partial charge in [0.15, 0.2) is 5.13 Å². The Bertz CT molecular complexity index is 1000. The first kappa shape index (κ1) is 18.9. The fourth-order valence-corrected chi connectivity index (χ4v) is 6.19. The van der Waals surface area contributed by atoms with Gasteiger partial charge in [0.05, 0.1) is 12.8 Å². The Labute approximate surface area is 170 Å². The highest BCUT2D eigenvalue weighted by Gasteiger charge is 2.57. The summed E-state index contributed by atoms with van der Waals surface area (Å²) in [5, 5.41) is 2.93. The molecule has 2 atom stereocenters. The van der Waals surface area contributed by atoms with Crippen molar-refractivity contribution in [1.29, 1.82) is 0 Å². The standard InChI is InChI=1S/C19H19N3O4S2/c1-9-12(17(25)26-4)27-18(20-9)21-14(23)13-19(2,3)28-16-11-8-6-5-7-10(11)15(24)22(13)16/h5-8,13,16H,1-4H3,(H,20,21,23)/t13-,16+/m1/s1. The number of amides is 2. The second-order valence-corrected chi connectivity index (χ2v) is 9.92. The van der Waals surface area contributed by atoms with Crippen LogP contribution in [-0.2, 0) is 9.53 Å². The Hall–Kier alpha value is -2.39. The summed E-state index contributed by atoms with van der Waals surface area (Å²) in [6, 6.07) is 6.81. The molecule has 0 bridgehead atoms. The molecule has 2 aromatic rings. The van der Waals surface area contributed by atoms with Gasteiger partial charge in [-0.15, -0.1) is 11.8 Å². The van der Waals surface area contributed by atoms with Gasteiger partial charge < -0.3 is 15.0 Å². The highest BCUT2D eigenvalue weighted by Crippen LogP contribution is 2.56. The number of carbonyl (C=O) groups excluding carboxylic acids is 3. The third-order valence-corrected chi connectivity index (χ3v) is 7.53. The molecule has 1 saturated heterocycles. The summed E-state index contributed by atoms with van der Waals surface area (Å²) >= 11 is 2.67. The summed E-state index contributed by atoms with van der Waals surface area (Å²) < 4.78 is 4.26. The molecule has 146 valence electrons. The second kappa shape index (κ2) is 6.59. The minimum atomic E-state index is -0.659. The summed E-state index contributed by atoms with van der Waals surface area (Å²) in [7, 11) is 1.30. The zero-order valence-corrected chi connectivity index (χ0v) is 17.4. The van der Waals surface area contributed by atoms with E-state index < -0.39 is 16.8 Å². The van der Waals surface area contributed by atoms with Crippen LogP contribution in [0.5, 0.6) is 0 Å². The number of hydrogen-bond donors (Lipinski definition) is 1. The first-order valence-electron chi connectivity index (χ1n) is 8.70. The Balaban J connectivity index is 1.63. The SMILES string of the molecule is COC(=O)c1sc(NC(=O)[C@H]2N3C(=O)c4ccccc4[C@@H]3SC2(C)C)nc1C. The van der Waals surface area contributed by atoms with Crippen LogP contribution in [0.4, 0.5) is 5.13 Å². The van der Waals surface area contributed by atoms with Gasteiger partial charge in [-0.3, -0.25) is 9.59 Å². The highest BCUT2D eigenvalue weighted by molar-refractivity contribution is 8.01. The summed E-state index contributed by atoms with van der Waals surface area (Å²) in [6.45, 7) is 5.61. The Morgan fingerprint density at radius 3 is 2.71 bits per heavy atom. The van der Waals surface area contributed by atoms with Crippen molar-refractivity contribution in [1.82, 2.24) is 9.88 Å². The van der Waals surface area contributed by atoms with E-state index in [-0.39, 0.29) is 17.2 Å². The maximum absolute atomic E-state index is 13.2. The van der Waals surface area contributed by atoms with Crippen LogP contribution in [0.2, 0.25) is 0 Å². The number of fused-ring (bicyclic) bond motifs is 3. The normalized spacial score (nSPS) is 22.0. The maximum atomic E-state index is 13.2. The molecule has 28 heavy (non-hydrogen) atoms. The minimum Gasteiger partial charge on any atom is -0.465 e. The van der Waals surface area contributed by atoms with Crippen molar-refractivity contribution in [3.8, 4) is 0 Å². The summed E-state index contributed by atoms with van der Waals surface area (Å²) in [6.07, 6.45) is 0. The van der Waals surface area contributed by atoms with E-state index in [9.17, 15) is 14.4 Å². The van der Waals surface area contributed by atoms with E-state index >= 15 is 0 Å². The van der Waals surface area contributed by atoms with Crippen molar-refractivity contribution in [3.05, 3.63) is 46.0 Å². The van der Waals surface area contributed by atoms with Crippen molar-refractivity contribution in [2.45, 2.75) is 36.9 Å². The average Bonchev–Trinajstić information content (AvgIpc) is 3.24. The number of carbonyl (C=O) groups is 3. The third-order valence-electron chi connectivity index (χ3n) is 4.94. The number of nitrogens with one attached hydrogen (secondary N) is 1. The lowest BCUT2D eigenvalue weighted by atomic mass is 10.0. The zero-order chi connectivity index (χ0) is 20.2. The summed E-state index contributed by atoms with van der Waals surface area (Å²) in [5.74, 6) is -0.937. The van der Waals surface area contributed by atoms with Crippen molar-refractivity contribution < 1.29 is 19.1 Å². The smallest absolute Gasteiger partial charge is 0.350 e. The van der Waals surface area contributed by atoms with Crippen LogP contribution in [0.3, 0.4) is 0 Å². The number of ether oxygens (including phenoxy) is 1. The van der Waals surface area contributed by atoms with Crippen LogP contribution in [0.25, 0.3) is 0 Å². The van der Waals surface area contributed by atoms with Crippen molar-refractivity contribution >= 4 is 46.0 Å². The summed E-state index contributed by atoms with van der Waals surface area (Å²) in [5.41, 5.74) is 2.08. The van der Waals surface area contributed by atoms with E-state index in [4.69, 9.17) is 4.74 Å². The average molecular weight is 418 g/mol. The molecule has 3 heterocycles. The van der Waals surface area contributed by atoms with Crippen LogP contribution in [-0.4, -0.2) is 45.6 Å². The van der Waals surface area contributed by atoms with Gasteiger partial charge >= 0.3 is 5.97 Å². The number of aryl methyl sites for hydroxylation is 1. The fourth-order valence-electron chi connectivity index (χ4n) is 3.71. The van der Waals surface area contributed by atoms with Gasteiger partial charge in [0, 0.05) is 10.3 Å². The highest BCUT2D eigenvalue weighted by atomic mass is 32.2. The number of aromatic nitrogens is 1. The molecule has 1 N–H and O–H groups in total. The molecule has 0 aliphatic carbocycles. The minimum absolute atomic E-state index is 0.135.